The molecule has 1 amide bonds. The molecule has 3 rings (SSSR count). The van der Waals surface area contributed by atoms with E-state index in [1.54, 1.807) is 0 Å². The predicted molar refractivity (Wildman–Crippen MR) is 81.7 cm³/mol. The highest BCUT2D eigenvalue weighted by atomic mass is 32.1. The van der Waals surface area contributed by atoms with Gasteiger partial charge >= 0.3 is 0 Å². The van der Waals surface area contributed by atoms with Crippen LogP contribution in [0.3, 0.4) is 0 Å². The van der Waals surface area contributed by atoms with E-state index >= 15 is 0 Å². The highest BCUT2D eigenvalue weighted by molar-refractivity contribution is 7.80. The maximum Gasteiger partial charge on any atom is 0.268 e. The summed E-state index contributed by atoms with van der Waals surface area (Å²) in [5.74, 6) is -0.128. The van der Waals surface area contributed by atoms with E-state index in [0.29, 0.717) is 18.7 Å². The molecular formula is C13H13N5OS. The van der Waals surface area contributed by atoms with E-state index in [9.17, 15) is 4.79 Å². The average molecular weight is 287 g/mol. The van der Waals surface area contributed by atoms with E-state index in [2.05, 4.69) is 20.8 Å². The van der Waals surface area contributed by atoms with Gasteiger partial charge in [0.2, 0.25) is 0 Å². The molecule has 1 aliphatic rings. The first-order valence-electron chi connectivity index (χ1n) is 6.18. The van der Waals surface area contributed by atoms with Gasteiger partial charge in [-0.2, -0.15) is 5.10 Å². The Morgan fingerprint density at radius 2 is 2.20 bits per heavy atom. The molecule has 0 spiro atoms. The number of amides is 1. The van der Waals surface area contributed by atoms with Crippen molar-refractivity contribution in [2.24, 2.45) is 10.8 Å². The molecule has 5 N–H and O–H groups in total. The minimum atomic E-state index is -0.128. The first-order chi connectivity index (χ1) is 9.66. The smallest absolute Gasteiger partial charge is 0.268 e. The number of rotatable bonds is 1. The van der Waals surface area contributed by atoms with Gasteiger partial charge in [0.1, 0.15) is 5.69 Å². The normalized spacial score (nSPS) is 16.6. The van der Waals surface area contributed by atoms with Crippen LogP contribution in [0.15, 0.2) is 29.4 Å². The minimum Gasteiger partial charge on any atom is -0.375 e. The van der Waals surface area contributed by atoms with Crippen LogP contribution in [0, 0.1) is 0 Å². The molecule has 0 saturated carbocycles. The molecular weight excluding hydrogens is 274 g/mol. The molecule has 0 unspecified atom stereocenters. The molecule has 2 aromatic rings. The molecule has 1 aromatic carbocycles. The van der Waals surface area contributed by atoms with Crippen LogP contribution in [0.5, 0.6) is 0 Å². The Balaban J connectivity index is 2.21. The maximum atomic E-state index is 12.1. The molecule has 7 heteroatoms. The van der Waals surface area contributed by atoms with Crippen LogP contribution < -0.4 is 16.5 Å². The third kappa shape index (κ3) is 2.12. The third-order valence-corrected chi connectivity index (χ3v) is 3.26. The molecule has 102 valence electrons. The zero-order valence-corrected chi connectivity index (χ0v) is 11.4. The summed E-state index contributed by atoms with van der Waals surface area (Å²) in [5, 5.41) is 8.13. The molecule has 1 aromatic heterocycles. The van der Waals surface area contributed by atoms with Gasteiger partial charge in [-0.3, -0.25) is 10.2 Å². The number of aromatic nitrogens is 1. The van der Waals surface area contributed by atoms with E-state index in [-0.39, 0.29) is 11.0 Å². The molecule has 0 radical (unpaired) electrons. The standard InChI is InChI=1S/C13H13N5OS/c14-13(20)18-17-9-5-6-15-12(19)11-10(9)7-3-1-2-4-8(7)16-11/h1-4,16H,5-6H2,(H,15,19)(H3,14,18,20)/b17-9+. The van der Waals surface area contributed by atoms with Crippen LogP contribution >= 0.6 is 12.2 Å². The Kier molecular flexibility index (Phi) is 3.11. The van der Waals surface area contributed by atoms with Crippen molar-refractivity contribution in [1.29, 1.82) is 0 Å². The number of nitrogens with zero attached hydrogens (tertiary/aromatic N) is 1. The molecule has 0 saturated heterocycles. The molecule has 0 fully saturated rings. The maximum absolute atomic E-state index is 12.1. The molecule has 0 bridgehead atoms. The number of carbonyl (C=O) groups excluding carboxylic acids is 1. The van der Waals surface area contributed by atoms with Crippen LogP contribution in [0.4, 0.5) is 0 Å². The second kappa shape index (κ2) is 4.93. The lowest BCUT2D eigenvalue weighted by atomic mass is 10.0. The van der Waals surface area contributed by atoms with Crippen molar-refractivity contribution in [1.82, 2.24) is 15.7 Å². The second-order valence-corrected chi connectivity index (χ2v) is 4.90. The first-order valence-corrected chi connectivity index (χ1v) is 6.59. The summed E-state index contributed by atoms with van der Waals surface area (Å²) in [6.45, 7) is 0.521. The Hall–Kier alpha value is -2.41. The van der Waals surface area contributed by atoms with Crippen molar-refractivity contribution < 1.29 is 4.79 Å². The largest absolute Gasteiger partial charge is 0.375 e. The quantitative estimate of drug-likeness (QED) is 0.462. The van der Waals surface area contributed by atoms with Crippen molar-refractivity contribution in [3.8, 4) is 0 Å². The van der Waals surface area contributed by atoms with Gasteiger partial charge in [0.25, 0.3) is 5.91 Å². The SMILES string of the molecule is NC(=S)N/N=C1\CCNC(=O)c2[nH]c3ccccc3c21. The summed E-state index contributed by atoms with van der Waals surface area (Å²) >= 11 is 4.76. The lowest BCUT2D eigenvalue weighted by Crippen LogP contribution is -2.26. The van der Waals surface area contributed by atoms with E-state index in [0.717, 1.165) is 22.2 Å². The summed E-state index contributed by atoms with van der Waals surface area (Å²) in [4.78, 5) is 15.2. The number of para-hydroxylation sites is 1. The zero-order chi connectivity index (χ0) is 14.1. The third-order valence-electron chi connectivity index (χ3n) is 3.17. The number of nitrogens with one attached hydrogen (secondary N) is 3. The fourth-order valence-corrected chi connectivity index (χ4v) is 2.40. The van der Waals surface area contributed by atoms with Gasteiger partial charge in [0.05, 0.1) is 5.71 Å². The predicted octanol–water partition coefficient (Wildman–Crippen LogP) is 0.839. The van der Waals surface area contributed by atoms with Gasteiger partial charge < -0.3 is 16.0 Å². The van der Waals surface area contributed by atoms with Gasteiger partial charge in [-0.1, -0.05) is 18.2 Å². The molecule has 2 heterocycles. The van der Waals surface area contributed by atoms with Gasteiger partial charge in [-0.05, 0) is 18.3 Å². The van der Waals surface area contributed by atoms with Gasteiger partial charge in [0, 0.05) is 29.4 Å². The number of hydrazone groups is 1. The van der Waals surface area contributed by atoms with Gasteiger partial charge in [-0.25, -0.2) is 0 Å². The van der Waals surface area contributed by atoms with Crippen molar-refractivity contribution in [3.63, 3.8) is 0 Å². The van der Waals surface area contributed by atoms with Gasteiger partial charge in [-0.15, -0.1) is 0 Å². The second-order valence-electron chi connectivity index (χ2n) is 4.46. The summed E-state index contributed by atoms with van der Waals surface area (Å²) in [7, 11) is 0. The van der Waals surface area contributed by atoms with Crippen LogP contribution in [-0.4, -0.2) is 28.3 Å². The van der Waals surface area contributed by atoms with E-state index < -0.39 is 0 Å². The monoisotopic (exact) mass is 287 g/mol. The number of hydrogen-bond donors (Lipinski definition) is 4. The highest BCUT2D eigenvalue weighted by Crippen LogP contribution is 2.25. The van der Waals surface area contributed by atoms with Crippen molar-refractivity contribution >= 4 is 39.9 Å². The number of H-pyrrole nitrogens is 1. The van der Waals surface area contributed by atoms with E-state index in [4.69, 9.17) is 18.0 Å². The van der Waals surface area contributed by atoms with Crippen LogP contribution in [0.2, 0.25) is 0 Å². The number of carbonyl (C=O) groups is 1. The first kappa shape index (κ1) is 12.6. The van der Waals surface area contributed by atoms with E-state index in [1.807, 2.05) is 24.3 Å². The number of nitrogens with two attached hydrogens (primary N) is 1. The van der Waals surface area contributed by atoms with Crippen molar-refractivity contribution in [3.05, 3.63) is 35.5 Å². The Morgan fingerprint density at radius 3 is 3.00 bits per heavy atom. The lowest BCUT2D eigenvalue weighted by molar-refractivity contribution is 0.0952. The number of thiocarbonyl (C=S) groups is 1. The van der Waals surface area contributed by atoms with Gasteiger partial charge in [0.15, 0.2) is 5.11 Å². The average Bonchev–Trinajstić information content (AvgIpc) is 2.74. The summed E-state index contributed by atoms with van der Waals surface area (Å²) in [6, 6.07) is 7.73. The molecule has 20 heavy (non-hydrogen) atoms. The Labute approximate surface area is 120 Å². The van der Waals surface area contributed by atoms with Crippen molar-refractivity contribution in [2.75, 3.05) is 6.54 Å². The summed E-state index contributed by atoms with van der Waals surface area (Å²) in [6.07, 6.45) is 0.607. The summed E-state index contributed by atoms with van der Waals surface area (Å²) in [5.41, 5.74) is 11.0. The number of benzene rings is 1. The Bertz CT molecular complexity index is 733. The highest BCUT2D eigenvalue weighted by Gasteiger charge is 2.24. The number of aromatic amines is 1. The molecule has 1 aliphatic heterocycles. The minimum absolute atomic E-state index is 0.0995. The summed E-state index contributed by atoms with van der Waals surface area (Å²) < 4.78 is 0. The van der Waals surface area contributed by atoms with Crippen LogP contribution in [0.1, 0.15) is 22.5 Å². The van der Waals surface area contributed by atoms with Crippen molar-refractivity contribution in [2.45, 2.75) is 6.42 Å². The molecule has 6 nitrogen and oxygen atoms in total. The van der Waals surface area contributed by atoms with E-state index in [1.165, 1.54) is 0 Å². The number of fused-ring (bicyclic) bond motifs is 3. The number of hydrogen-bond acceptors (Lipinski definition) is 3. The molecule has 0 aliphatic carbocycles. The Morgan fingerprint density at radius 1 is 1.40 bits per heavy atom. The topological polar surface area (TPSA) is 95.3 Å². The lowest BCUT2D eigenvalue weighted by Gasteiger charge is -2.04. The zero-order valence-electron chi connectivity index (χ0n) is 10.6. The fourth-order valence-electron chi connectivity index (χ4n) is 2.35. The van der Waals surface area contributed by atoms with Crippen LogP contribution in [-0.2, 0) is 0 Å². The van der Waals surface area contributed by atoms with Crippen LogP contribution in [0.25, 0.3) is 10.9 Å². The fraction of sp³-hybridized carbons (Fsp3) is 0.154. The molecule has 0 atom stereocenters.